The summed E-state index contributed by atoms with van der Waals surface area (Å²) in [5, 5.41) is 9.25. The van der Waals surface area contributed by atoms with E-state index in [1.165, 1.54) is 0 Å². The molecule has 1 aromatic carbocycles. The van der Waals surface area contributed by atoms with E-state index in [0.29, 0.717) is 29.0 Å². The number of nitriles is 1. The van der Waals surface area contributed by atoms with E-state index >= 15 is 0 Å². The summed E-state index contributed by atoms with van der Waals surface area (Å²) in [5.74, 6) is 0.593. The molecule has 0 saturated carbocycles. The predicted molar refractivity (Wildman–Crippen MR) is 78.1 cm³/mol. The van der Waals surface area contributed by atoms with Crippen LogP contribution in [-0.4, -0.2) is 43.3 Å². The molecule has 1 unspecified atom stereocenters. The highest BCUT2D eigenvalue weighted by atomic mass is 35.5. The number of benzene rings is 1. The van der Waals surface area contributed by atoms with Crippen LogP contribution in [0.2, 0.25) is 5.02 Å². The fraction of sp³-hybridized carbons (Fsp3) is 0.533. The quantitative estimate of drug-likeness (QED) is 0.856. The van der Waals surface area contributed by atoms with Crippen molar-refractivity contribution >= 4 is 11.6 Å². The molecule has 0 bridgehead atoms. The lowest BCUT2D eigenvalue weighted by atomic mass is 10.2. The maximum atomic E-state index is 8.79. The summed E-state index contributed by atoms with van der Waals surface area (Å²) in [5.41, 5.74) is 0.530. The van der Waals surface area contributed by atoms with Crippen LogP contribution in [0.5, 0.6) is 5.75 Å². The third kappa shape index (κ3) is 3.86. The molecule has 0 N–H and O–H groups in total. The van der Waals surface area contributed by atoms with Crippen LogP contribution in [0.15, 0.2) is 18.2 Å². The van der Waals surface area contributed by atoms with Gasteiger partial charge in [-0.3, -0.25) is 4.90 Å². The monoisotopic (exact) mass is 294 g/mol. The summed E-state index contributed by atoms with van der Waals surface area (Å²) in [6, 6.07) is 7.60. The molecule has 1 heterocycles. The summed E-state index contributed by atoms with van der Waals surface area (Å²) in [6.07, 6.45) is 0.0536. The minimum atomic E-state index is 0.0536. The summed E-state index contributed by atoms with van der Waals surface area (Å²) in [7, 11) is 0. The van der Waals surface area contributed by atoms with Crippen molar-refractivity contribution in [1.29, 1.82) is 5.26 Å². The highest BCUT2D eigenvalue weighted by Crippen LogP contribution is 2.25. The predicted octanol–water partition coefficient (Wildman–Crippen LogP) is 2.70. The molecule has 1 saturated heterocycles. The maximum absolute atomic E-state index is 8.79. The Balaban J connectivity index is 1.90. The Kier molecular flexibility index (Phi) is 5.24. The number of rotatable bonds is 4. The minimum Gasteiger partial charge on any atom is -0.489 e. The molecule has 1 aliphatic rings. The van der Waals surface area contributed by atoms with Gasteiger partial charge >= 0.3 is 0 Å². The first-order chi connectivity index (χ1) is 9.60. The highest BCUT2D eigenvalue weighted by Gasteiger charge is 2.22. The molecular weight excluding hydrogens is 276 g/mol. The Hall–Kier alpha value is -1.28. The number of ether oxygens (including phenoxy) is 2. The molecule has 0 spiro atoms. The average molecular weight is 295 g/mol. The lowest BCUT2D eigenvalue weighted by Gasteiger charge is -2.35. The smallest absolute Gasteiger partial charge is 0.138 e. The van der Waals surface area contributed by atoms with Gasteiger partial charge in [-0.2, -0.15) is 5.26 Å². The topological polar surface area (TPSA) is 45.5 Å². The van der Waals surface area contributed by atoms with Crippen molar-refractivity contribution in [3.8, 4) is 11.8 Å². The van der Waals surface area contributed by atoms with Crippen molar-refractivity contribution in [1.82, 2.24) is 4.90 Å². The van der Waals surface area contributed by atoms with E-state index in [1.807, 2.05) is 6.07 Å². The Bertz CT molecular complexity index is 499. The van der Waals surface area contributed by atoms with E-state index in [0.717, 1.165) is 19.7 Å². The molecular formula is C15H19ClN2O2. The fourth-order valence-electron chi connectivity index (χ4n) is 2.18. The summed E-state index contributed by atoms with van der Waals surface area (Å²) < 4.78 is 11.4. The first-order valence-electron chi connectivity index (χ1n) is 6.78. The standard InChI is InChI=1S/C15H19ClN2O2/c1-11(2)18-5-6-19-13(9-18)10-20-15-4-3-12(8-17)7-14(15)16/h3-4,7,11,13H,5-6,9-10H2,1-2H3. The van der Waals surface area contributed by atoms with Gasteiger partial charge < -0.3 is 9.47 Å². The van der Waals surface area contributed by atoms with Gasteiger partial charge in [0, 0.05) is 19.1 Å². The number of halogens is 1. The van der Waals surface area contributed by atoms with Crippen LogP contribution < -0.4 is 4.74 Å². The van der Waals surface area contributed by atoms with Crippen LogP contribution in [0.3, 0.4) is 0 Å². The molecule has 1 aromatic rings. The zero-order valence-corrected chi connectivity index (χ0v) is 12.6. The SMILES string of the molecule is CC(C)N1CCOC(COc2ccc(C#N)cc2Cl)C1. The third-order valence-electron chi connectivity index (χ3n) is 3.39. The largest absolute Gasteiger partial charge is 0.489 e. The highest BCUT2D eigenvalue weighted by molar-refractivity contribution is 6.32. The number of hydrogen-bond donors (Lipinski definition) is 0. The van der Waals surface area contributed by atoms with Gasteiger partial charge in [0.2, 0.25) is 0 Å². The zero-order valence-electron chi connectivity index (χ0n) is 11.8. The lowest BCUT2D eigenvalue weighted by Crippen LogP contribution is -2.47. The second kappa shape index (κ2) is 6.94. The van der Waals surface area contributed by atoms with Crippen molar-refractivity contribution in [2.24, 2.45) is 0 Å². The molecule has 0 radical (unpaired) electrons. The van der Waals surface area contributed by atoms with Crippen LogP contribution in [-0.2, 0) is 4.74 Å². The summed E-state index contributed by atoms with van der Waals surface area (Å²) in [6.45, 7) is 7.39. The van der Waals surface area contributed by atoms with E-state index < -0.39 is 0 Å². The number of nitrogens with zero attached hydrogens (tertiary/aromatic N) is 2. The molecule has 0 aliphatic carbocycles. The van der Waals surface area contributed by atoms with Crippen molar-refractivity contribution in [2.75, 3.05) is 26.3 Å². The molecule has 1 aliphatic heterocycles. The second-order valence-electron chi connectivity index (χ2n) is 5.15. The lowest BCUT2D eigenvalue weighted by molar-refractivity contribution is -0.0564. The molecule has 2 rings (SSSR count). The van der Waals surface area contributed by atoms with Crippen LogP contribution in [0.1, 0.15) is 19.4 Å². The van der Waals surface area contributed by atoms with Gasteiger partial charge in [0.1, 0.15) is 18.5 Å². The molecule has 4 nitrogen and oxygen atoms in total. The molecule has 1 atom stereocenters. The van der Waals surface area contributed by atoms with Crippen LogP contribution >= 0.6 is 11.6 Å². The van der Waals surface area contributed by atoms with E-state index in [9.17, 15) is 0 Å². The van der Waals surface area contributed by atoms with Gasteiger partial charge in [-0.15, -0.1) is 0 Å². The number of morpholine rings is 1. The Morgan fingerprint density at radius 1 is 1.55 bits per heavy atom. The van der Waals surface area contributed by atoms with E-state index in [4.69, 9.17) is 26.3 Å². The van der Waals surface area contributed by atoms with Crippen LogP contribution in [0.25, 0.3) is 0 Å². The summed E-state index contributed by atoms with van der Waals surface area (Å²) in [4.78, 5) is 2.37. The van der Waals surface area contributed by atoms with Crippen LogP contribution in [0, 0.1) is 11.3 Å². The van der Waals surface area contributed by atoms with E-state index in [2.05, 4.69) is 18.7 Å². The first kappa shape index (κ1) is 15.1. The van der Waals surface area contributed by atoms with E-state index in [1.54, 1.807) is 18.2 Å². The van der Waals surface area contributed by atoms with Gasteiger partial charge in [-0.1, -0.05) is 11.6 Å². The normalized spacial score (nSPS) is 19.9. The van der Waals surface area contributed by atoms with Crippen molar-refractivity contribution in [3.05, 3.63) is 28.8 Å². The van der Waals surface area contributed by atoms with Crippen LogP contribution in [0.4, 0.5) is 0 Å². The fourth-order valence-corrected chi connectivity index (χ4v) is 2.42. The second-order valence-corrected chi connectivity index (χ2v) is 5.56. The van der Waals surface area contributed by atoms with Gasteiger partial charge in [0.15, 0.2) is 0 Å². The van der Waals surface area contributed by atoms with Crippen molar-refractivity contribution in [2.45, 2.75) is 26.0 Å². The Morgan fingerprint density at radius 2 is 2.35 bits per heavy atom. The summed E-state index contributed by atoms with van der Waals surface area (Å²) >= 11 is 6.08. The van der Waals surface area contributed by atoms with Gasteiger partial charge in [-0.05, 0) is 32.0 Å². The van der Waals surface area contributed by atoms with Crippen molar-refractivity contribution in [3.63, 3.8) is 0 Å². The van der Waals surface area contributed by atoms with Crippen molar-refractivity contribution < 1.29 is 9.47 Å². The van der Waals surface area contributed by atoms with E-state index in [-0.39, 0.29) is 6.10 Å². The number of hydrogen-bond acceptors (Lipinski definition) is 4. The Labute approximate surface area is 124 Å². The molecule has 0 aromatic heterocycles. The molecule has 1 fully saturated rings. The minimum absolute atomic E-state index is 0.0536. The van der Waals surface area contributed by atoms with Gasteiger partial charge in [0.25, 0.3) is 0 Å². The molecule has 20 heavy (non-hydrogen) atoms. The van der Waals surface area contributed by atoms with Gasteiger partial charge in [0.05, 0.1) is 23.3 Å². The maximum Gasteiger partial charge on any atom is 0.138 e. The zero-order chi connectivity index (χ0) is 14.5. The molecule has 5 heteroatoms. The van der Waals surface area contributed by atoms with Gasteiger partial charge in [-0.25, -0.2) is 0 Å². The molecule has 0 amide bonds. The molecule has 108 valence electrons. The third-order valence-corrected chi connectivity index (χ3v) is 3.68. The first-order valence-corrected chi connectivity index (χ1v) is 7.16. The Morgan fingerprint density at radius 3 is 3.00 bits per heavy atom. The average Bonchev–Trinajstić information content (AvgIpc) is 2.46.